The Morgan fingerprint density at radius 3 is 2.54 bits per heavy atom. The van der Waals surface area contributed by atoms with Gasteiger partial charge in [-0.15, -0.1) is 0 Å². The van der Waals surface area contributed by atoms with Gasteiger partial charge in [0.2, 0.25) is 5.43 Å². The quantitative estimate of drug-likeness (QED) is 0.537. The molecule has 0 fully saturated rings. The Labute approximate surface area is 158 Å². The highest BCUT2D eigenvalue weighted by molar-refractivity contribution is 6.06. The summed E-state index contributed by atoms with van der Waals surface area (Å²) in [6.07, 6.45) is 2.89. The van der Waals surface area contributed by atoms with Gasteiger partial charge >= 0.3 is 0 Å². The molecule has 7 heteroatoms. The summed E-state index contributed by atoms with van der Waals surface area (Å²) in [5, 5.41) is 12.6. The number of nitrogens with one attached hydrogen (secondary N) is 1. The van der Waals surface area contributed by atoms with Crippen LogP contribution in [0.3, 0.4) is 0 Å². The van der Waals surface area contributed by atoms with Crippen molar-refractivity contribution >= 4 is 22.6 Å². The summed E-state index contributed by atoms with van der Waals surface area (Å²) in [4.78, 5) is 29.8. The Morgan fingerprint density at radius 1 is 1.04 bits per heavy atom. The maximum atomic E-state index is 13.3. The summed E-state index contributed by atoms with van der Waals surface area (Å²) in [5.74, 6) is -1.19. The van der Waals surface area contributed by atoms with Gasteiger partial charge in [0.1, 0.15) is 22.8 Å². The first kappa shape index (κ1) is 17.4. The Bertz CT molecular complexity index is 1250. The van der Waals surface area contributed by atoms with E-state index in [1.807, 2.05) is 0 Å². The first-order chi connectivity index (χ1) is 13.5. The Morgan fingerprint density at radius 2 is 1.79 bits per heavy atom. The van der Waals surface area contributed by atoms with Crippen LogP contribution in [-0.4, -0.2) is 20.6 Å². The molecule has 0 bridgehead atoms. The standard InChI is InChI=1S/C21H14FN3O3/c22-13-7-9-14(10-8-13)25-12-16(19(27)15-4-3-11-23-20(15)25)21(28)24-17-5-1-2-6-18(17)26/h1-12,26H,(H,24,28). The van der Waals surface area contributed by atoms with E-state index in [1.54, 1.807) is 28.8 Å². The van der Waals surface area contributed by atoms with E-state index in [0.717, 1.165) is 0 Å². The van der Waals surface area contributed by atoms with E-state index in [1.165, 1.54) is 48.8 Å². The minimum Gasteiger partial charge on any atom is -0.506 e. The van der Waals surface area contributed by atoms with E-state index >= 15 is 0 Å². The van der Waals surface area contributed by atoms with Crippen molar-refractivity contribution in [2.45, 2.75) is 0 Å². The number of halogens is 1. The fraction of sp³-hybridized carbons (Fsp3) is 0. The number of hydrogen-bond acceptors (Lipinski definition) is 4. The molecule has 2 heterocycles. The topological polar surface area (TPSA) is 84.2 Å². The third-order valence-electron chi connectivity index (χ3n) is 4.26. The number of carbonyl (C=O) groups is 1. The van der Waals surface area contributed by atoms with Gasteiger partial charge in [-0.2, -0.15) is 0 Å². The van der Waals surface area contributed by atoms with Gasteiger partial charge in [0.15, 0.2) is 0 Å². The lowest BCUT2D eigenvalue weighted by Gasteiger charge is -2.13. The number of anilines is 1. The Hall–Kier alpha value is -4.00. The molecule has 4 aromatic rings. The minimum atomic E-state index is -0.673. The number of hydrogen-bond donors (Lipinski definition) is 2. The SMILES string of the molecule is O=C(Nc1ccccc1O)c1cn(-c2ccc(F)cc2)c2ncccc2c1=O. The molecule has 0 spiro atoms. The largest absolute Gasteiger partial charge is 0.506 e. The van der Waals surface area contributed by atoms with E-state index < -0.39 is 17.2 Å². The van der Waals surface area contributed by atoms with Gasteiger partial charge in [-0.3, -0.25) is 9.59 Å². The van der Waals surface area contributed by atoms with Crippen molar-refractivity contribution in [3.63, 3.8) is 0 Å². The second-order valence-corrected chi connectivity index (χ2v) is 6.06. The lowest BCUT2D eigenvalue weighted by Crippen LogP contribution is -2.24. The molecule has 2 aromatic heterocycles. The zero-order valence-corrected chi connectivity index (χ0v) is 14.5. The molecule has 0 aliphatic heterocycles. The number of phenols is 1. The van der Waals surface area contributed by atoms with Crippen LogP contribution in [-0.2, 0) is 0 Å². The highest BCUT2D eigenvalue weighted by atomic mass is 19.1. The molecule has 0 saturated carbocycles. The predicted molar refractivity (Wildman–Crippen MR) is 103 cm³/mol. The molecule has 6 nitrogen and oxygen atoms in total. The smallest absolute Gasteiger partial charge is 0.261 e. The van der Waals surface area contributed by atoms with E-state index in [0.29, 0.717) is 11.3 Å². The lowest BCUT2D eigenvalue weighted by atomic mass is 10.1. The number of phenolic OH excluding ortho intramolecular Hbond substituents is 1. The van der Waals surface area contributed by atoms with Crippen LogP contribution in [0.4, 0.5) is 10.1 Å². The normalized spacial score (nSPS) is 10.8. The number of nitrogens with zero attached hydrogens (tertiary/aromatic N) is 2. The third kappa shape index (κ3) is 3.09. The second-order valence-electron chi connectivity index (χ2n) is 6.06. The summed E-state index contributed by atoms with van der Waals surface area (Å²) in [6.45, 7) is 0. The number of rotatable bonds is 3. The number of aromatic hydroxyl groups is 1. The average molecular weight is 375 g/mol. The number of carbonyl (C=O) groups excluding carboxylic acids is 1. The zero-order chi connectivity index (χ0) is 19.7. The average Bonchev–Trinajstić information content (AvgIpc) is 2.71. The third-order valence-corrected chi connectivity index (χ3v) is 4.26. The molecular weight excluding hydrogens is 361 g/mol. The van der Waals surface area contributed by atoms with E-state index in [2.05, 4.69) is 10.3 Å². The summed E-state index contributed by atoms with van der Waals surface area (Å²) in [7, 11) is 0. The Balaban J connectivity index is 1.88. The molecule has 0 aliphatic carbocycles. The molecule has 0 unspecified atom stereocenters. The van der Waals surface area contributed by atoms with Crippen molar-refractivity contribution in [3.8, 4) is 11.4 Å². The van der Waals surface area contributed by atoms with Crippen LogP contribution in [0, 0.1) is 5.82 Å². The zero-order valence-electron chi connectivity index (χ0n) is 14.5. The van der Waals surface area contributed by atoms with Crippen molar-refractivity contribution in [1.29, 1.82) is 0 Å². The maximum absolute atomic E-state index is 13.3. The van der Waals surface area contributed by atoms with Gasteiger partial charge in [0.05, 0.1) is 11.1 Å². The van der Waals surface area contributed by atoms with E-state index in [4.69, 9.17) is 0 Å². The van der Waals surface area contributed by atoms with Gasteiger partial charge in [0.25, 0.3) is 5.91 Å². The van der Waals surface area contributed by atoms with Crippen molar-refractivity contribution < 1.29 is 14.3 Å². The number of aromatic nitrogens is 2. The minimum absolute atomic E-state index is 0.114. The van der Waals surface area contributed by atoms with Crippen molar-refractivity contribution in [3.05, 3.63) is 94.7 Å². The van der Waals surface area contributed by atoms with E-state index in [9.17, 15) is 19.1 Å². The van der Waals surface area contributed by atoms with Gasteiger partial charge in [0, 0.05) is 18.1 Å². The molecule has 0 aliphatic rings. The van der Waals surface area contributed by atoms with Crippen LogP contribution >= 0.6 is 0 Å². The summed E-state index contributed by atoms with van der Waals surface area (Å²) < 4.78 is 14.9. The maximum Gasteiger partial charge on any atom is 0.261 e. The number of para-hydroxylation sites is 2. The van der Waals surface area contributed by atoms with Crippen LogP contribution < -0.4 is 10.7 Å². The molecule has 0 radical (unpaired) electrons. The first-order valence-electron chi connectivity index (χ1n) is 8.40. The van der Waals surface area contributed by atoms with Gasteiger partial charge in [-0.05, 0) is 48.5 Å². The van der Waals surface area contributed by atoms with Crippen LogP contribution in [0.5, 0.6) is 5.75 Å². The fourth-order valence-corrected chi connectivity index (χ4v) is 2.89. The molecule has 0 saturated heterocycles. The Kier molecular flexibility index (Phi) is 4.33. The van der Waals surface area contributed by atoms with Crippen LogP contribution in [0.15, 0.2) is 77.9 Å². The van der Waals surface area contributed by atoms with Gasteiger partial charge < -0.3 is 15.0 Å². The molecule has 138 valence electrons. The molecule has 4 rings (SSSR count). The molecule has 28 heavy (non-hydrogen) atoms. The van der Waals surface area contributed by atoms with Crippen molar-refractivity contribution in [2.24, 2.45) is 0 Å². The summed E-state index contributed by atoms with van der Waals surface area (Å²) in [5.41, 5.74) is 0.453. The number of amides is 1. The molecule has 2 aromatic carbocycles. The first-order valence-corrected chi connectivity index (χ1v) is 8.40. The van der Waals surface area contributed by atoms with E-state index in [-0.39, 0.29) is 22.4 Å². The van der Waals surface area contributed by atoms with Crippen molar-refractivity contribution in [2.75, 3.05) is 5.32 Å². The molecular formula is C21H14FN3O3. The van der Waals surface area contributed by atoms with Gasteiger partial charge in [-0.1, -0.05) is 12.1 Å². The van der Waals surface area contributed by atoms with Crippen LogP contribution in [0.1, 0.15) is 10.4 Å². The second kappa shape index (κ2) is 6.96. The highest BCUT2D eigenvalue weighted by Gasteiger charge is 2.18. The van der Waals surface area contributed by atoms with Crippen LogP contribution in [0.2, 0.25) is 0 Å². The fourth-order valence-electron chi connectivity index (χ4n) is 2.89. The number of fused-ring (bicyclic) bond motifs is 1. The molecule has 0 atom stereocenters. The summed E-state index contributed by atoms with van der Waals surface area (Å²) in [6, 6.07) is 15.0. The molecule has 2 N–H and O–H groups in total. The monoisotopic (exact) mass is 375 g/mol. The number of benzene rings is 2. The predicted octanol–water partition coefficient (Wildman–Crippen LogP) is 3.48. The highest BCUT2D eigenvalue weighted by Crippen LogP contribution is 2.22. The summed E-state index contributed by atoms with van der Waals surface area (Å²) >= 11 is 0. The number of pyridine rings is 2. The van der Waals surface area contributed by atoms with Crippen molar-refractivity contribution in [1.82, 2.24) is 9.55 Å². The van der Waals surface area contributed by atoms with Gasteiger partial charge in [-0.25, -0.2) is 9.37 Å². The molecule has 1 amide bonds. The van der Waals surface area contributed by atoms with Crippen LogP contribution in [0.25, 0.3) is 16.7 Å². The lowest BCUT2D eigenvalue weighted by molar-refractivity contribution is 0.102.